The number of fused-ring (bicyclic) bond motifs is 5. The van der Waals surface area contributed by atoms with E-state index in [1.54, 1.807) is 0 Å². The Balaban J connectivity index is 1.72. The highest BCUT2D eigenvalue weighted by Crippen LogP contribution is 2.62. The lowest BCUT2D eigenvalue weighted by atomic mass is 9.48. The zero-order valence-corrected chi connectivity index (χ0v) is 12.6. The van der Waals surface area contributed by atoms with E-state index in [4.69, 9.17) is 0 Å². The lowest BCUT2D eigenvalue weighted by Crippen LogP contribution is -2.48. The average molecular weight is 268 g/mol. The van der Waals surface area contributed by atoms with Crippen LogP contribution >= 0.6 is 0 Å². The third-order valence-corrected chi connectivity index (χ3v) is 6.88. The van der Waals surface area contributed by atoms with Crippen molar-refractivity contribution in [2.24, 2.45) is 28.6 Å². The molecule has 0 aromatic carbocycles. The summed E-state index contributed by atoms with van der Waals surface area (Å²) < 4.78 is 0. The van der Waals surface area contributed by atoms with Crippen LogP contribution in [0, 0.1) is 28.6 Å². The number of carbonyl (C=O) groups is 1. The van der Waals surface area contributed by atoms with E-state index in [0.717, 1.165) is 24.2 Å². The van der Waals surface area contributed by atoms with Crippen LogP contribution in [0.15, 0.2) is 36.0 Å². The Bertz CT molecular complexity index is 552. The van der Waals surface area contributed by atoms with Crippen molar-refractivity contribution in [1.29, 1.82) is 0 Å². The molecular weight excluding hydrogens is 244 g/mol. The van der Waals surface area contributed by atoms with Crippen LogP contribution in [0.5, 0.6) is 0 Å². The molecule has 4 rings (SSSR count). The SMILES string of the molecule is CC12C=CCC1C1CCC3=CC(=O)C=CC3(C)C1CC2. The fourth-order valence-corrected chi connectivity index (χ4v) is 5.68. The molecule has 0 N–H and O–H groups in total. The van der Waals surface area contributed by atoms with Crippen LogP contribution in [0.1, 0.15) is 46.0 Å². The maximum atomic E-state index is 11.7. The summed E-state index contributed by atoms with van der Waals surface area (Å²) in [5.74, 6) is 2.61. The Kier molecular flexibility index (Phi) is 2.50. The number of carbonyl (C=O) groups excluding carboxylic acids is 1. The van der Waals surface area contributed by atoms with Crippen LogP contribution in [0.2, 0.25) is 0 Å². The predicted molar refractivity (Wildman–Crippen MR) is 81.1 cm³/mol. The molecule has 0 heterocycles. The quantitative estimate of drug-likeness (QED) is 0.593. The van der Waals surface area contributed by atoms with Gasteiger partial charge in [-0.3, -0.25) is 4.79 Å². The number of hydrogen-bond acceptors (Lipinski definition) is 1. The number of hydrogen-bond donors (Lipinski definition) is 0. The standard InChI is InChI=1S/C19H24O/c1-18-9-3-4-16(18)15-6-5-13-12-14(20)7-11-19(13,2)17(15)8-10-18/h3,7,9,11-12,15-17H,4-6,8,10H2,1-2H3. The maximum absolute atomic E-state index is 11.7. The van der Waals surface area contributed by atoms with Gasteiger partial charge in [-0.25, -0.2) is 0 Å². The molecule has 5 atom stereocenters. The van der Waals surface area contributed by atoms with Crippen molar-refractivity contribution in [1.82, 2.24) is 0 Å². The molecule has 4 aliphatic rings. The van der Waals surface area contributed by atoms with Gasteiger partial charge in [-0.05, 0) is 67.4 Å². The molecule has 0 aromatic rings. The summed E-state index contributed by atoms with van der Waals surface area (Å²) in [4.78, 5) is 11.7. The summed E-state index contributed by atoms with van der Waals surface area (Å²) in [5, 5.41) is 0. The molecule has 0 bridgehead atoms. The molecule has 106 valence electrons. The van der Waals surface area contributed by atoms with Crippen molar-refractivity contribution >= 4 is 5.78 Å². The molecule has 4 aliphatic carbocycles. The smallest absolute Gasteiger partial charge is 0.178 e. The second kappa shape index (κ2) is 3.96. The van der Waals surface area contributed by atoms with Crippen molar-refractivity contribution < 1.29 is 4.79 Å². The minimum atomic E-state index is 0.154. The highest BCUT2D eigenvalue weighted by Gasteiger charge is 2.54. The first-order valence-electron chi connectivity index (χ1n) is 8.15. The van der Waals surface area contributed by atoms with Crippen LogP contribution < -0.4 is 0 Å². The van der Waals surface area contributed by atoms with E-state index in [-0.39, 0.29) is 11.2 Å². The van der Waals surface area contributed by atoms with Crippen LogP contribution in [-0.4, -0.2) is 5.78 Å². The second-order valence-electron chi connectivity index (χ2n) is 7.79. The average Bonchev–Trinajstić information content (AvgIpc) is 2.81. The molecule has 1 nitrogen and oxygen atoms in total. The van der Waals surface area contributed by atoms with Crippen LogP contribution in [0.3, 0.4) is 0 Å². The van der Waals surface area contributed by atoms with Crippen molar-refractivity contribution in [2.45, 2.75) is 46.0 Å². The maximum Gasteiger partial charge on any atom is 0.178 e. The van der Waals surface area contributed by atoms with Crippen LogP contribution in [0.25, 0.3) is 0 Å². The monoisotopic (exact) mass is 268 g/mol. The summed E-state index contributed by atoms with van der Waals surface area (Å²) in [7, 11) is 0. The van der Waals surface area contributed by atoms with Crippen LogP contribution in [0.4, 0.5) is 0 Å². The third kappa shape index (κ3) is 1.52. The van der Waals surface area contributed by atoms with E-state index in [9.17, 15) is 4.79 Å². The Labute approximate surface area is 121 Å². The summed E-state index contributed by atoms with van der Waals surface area (Å²) in [6.45, 7) is 4.84. The zero-order chi connectivity index (χ0) is 14.0. The first-order chi connectivity index (χ1) is 9.53. The van der Waals surface area contributed by atoms with Crippen molar-refractivity contribution in [3.8, 4) is 0 Å². The first-order valence-corrected chi connectivity index (χ1v) is 8.15. The molecular formula is C19H24O. The van der Waals surface area contributed by atoms with E-state index in [1.165, 1.54) is 31.3 Å². The van der Waals surface area contributed by atoms with Crippen molar-refractivity contribution in [3.63, 3.8) is 0 Å². The Morgan fingerprint density at radius 1 is 1.15 bits per heavy atom. The van der Waals surface area contributed by atoms with Crippen LogP contribution in [-0.2, 0) is 4.79 Å². The van der Waals surface area contributed by atoms with Gasteiger partial charge in [-0.15, -0.1) is 0 Å². The van der Waals surface area contributed by atoms with Crippen molar-refractivity contribution in [3.05, 3.63) is 36.0 Å². The molecule has 2 saturated carbocycles. The van der Waals surface area contributed by atoms with Gasteiger partial charge < -0.3 is 0 Å². The summed E-state index contributed by atoms with van der Waals surface area (Å²) >= 11 is 0. The molecule has 20 heavy (non-hydrogen) atoms. The largest absolute Gasteiger partial charge is 0.290 e. The molecule has 0 amide bonds. The van der Waals surface area contributed by atoms with Gasteiger partial charge in [0.15, 0.2) is 5.78 Å². The Morgan fingerprint density at radius 3 is 2.85 bits per heavy atom. The van der Waals surface area contributed by atoms with E-state index < -0.39 is 0 Å². The van der Waals surface area contributed by atoms with Gasteiger partial charge in [0.1, 0.15) is 0 Å². The third-order valence-electron chi connectivity index (χ3n) is 6.88. The molecule has 0 radical (unpaired) electrons. The minimum Gasteiger partial charge on any atom is -0.290 e. The highest BCUT2D eigenvalue weighted by atomic mass is 16.1. The fourth-order valence-electron chi connectivity index (χ4n) is 5.68. The normalized spacial score (nSPS) is 49.4. The predicted octanol–water partition coefficient (Wildman–Crippen LogP) is 4.46. The lowest BCUT2D eigenvalue weighted by molar-refractivity contribution is -0.111. The van der Waals surface area contributed by atoms with Gasteiger partial charge in [0.05, 0.1) is 0 Å². The highest BCUT2D eigenvalue weighted by molar-refractivity contribution is 6.01. The minimum absolute atomic E-state index is 0.154. The number of ketones is 1. The number of allylic oxidation sites excluding steroid dienone is 6. The topological polar surface area (TPSA) is 17.1 Å². The number of rotatable bonds is 0. The van der Waals surface area contributed by atoms with Gasteiger partial charge in [-0.1, -0.05) is 37.6 Å². The summed E-state index contributed by atoms with van der Waals surface area (Å²) in [6, 6.07) is 0. The molecule has 0 aliphatic heterocycles. The van der Waals surface area contributed by atoms with E-state index in [0.29, 0.717) is 5.41 Å². The van der Waals surface area contributed by atoms with Gasteiger partial charge in [0.25, 0.3) is 0 Å². The van der Waals surface area contributed by atoms with Crippen molar-refractivity contribution in [2.75, 3.05) is 0 Å². The molecule has 0 aromatic heterocycles. The second-order valence-corrected chi connectivity index (χ2v) is 7.79. The zero-order valence-electron chi connectivity index (χ0n) is 12.6. The Hall–Kier alpha value is -1.11. The summed E-state index contributed by atoms with van der Waals surface area (Å²) in [5.41, 5.74) is 2.01. The lowest BCUT2D eigenvalue weighted by Gasteiger charge is -2.56. The van der Waals surface area contributed by atoms with Gasteiger partial charge in [0, 0.05) is 5.41 Å². The van der Waals surface area contributed by atoms with Gasteiger partial charge in [0.2, 0.25) is 0 Å². The van der Waals surface area contributed by atoms with E-state index in [1.807, 2.05) is 12.2 Å². The molecule has 1 heteroatoms. The van der Waals surface area contributed by atoms with Gasteiger partial charge >= 0.3 is 0 Å². The molecule has 5 unspecified atom stereocenters. The Morgan fingerprint density at radius 2 is 2.00 bits per heavy atom. The molecule has 0 saturated heterocycles. The fraction of sp³-hybridized carbons (Fsp3) is 0.632. The first kappa shape index (κ1) is 12.6. The summed E-state index contributed by atoms with van der Waals surface area (Å²) in [6.07, 6.45) is 17.2. The van der Waals surface area contributed by atoms with Gasteiger partial charge in [-0.2, -0.15) is 0 Å². The van der Waals surface area contributed by atoms with E-state index in [2.05, 4.69) is 32.1 Å². The molecule has 2 fully saturated rings. The van der Waals surface area contributed by atoms with E-state index >= 15 is 0 Å². The molecule has 0 spiro atoms.